The quantitative estimate of drug-likeness (QED) is 0.845. The summed E-state index contributed by atoms with van der Waals surface area (Å²) < 4.78 is 15.4. The SMILES string of the molecule is COc1ccc(CCNC(=O)Cc2cc(C)on2)c(OC)c1. The normalized spacial score (nSPS) is 10.3. The Labute approximate surface area is 129 Å². The van der Waals surface area contributed by atoms with Gasteiger partial charge in [-0.2, -0.15) is 0 Å². The van der Waals surface area contributed by atoms with Gasteiger partial charge in [-0.15, -0.1) is 0 Å². The number of benzene rings is 1. The van der Waals surface area contributed by atoms with Crippen LogP contribution in [0.25, 0.3) is 0 Å². The van der Waals surface area contributed by atoms with Gasteiger partial charge in [0.15, 0.2) is 0 Å². The molecule has 22 heavy (non-hydrogen) atoms. The first-order valence-corrected chi connectivity index (χ1v) is 7.02. The lowest BCUT2D eigenvalue weighted by atomic mass is 10.1. The fraction of sp³-hybridized carbons (Fsp3) is 0.375. The Kier molecular flexibility index (Phi) is 5.41. The molecule has 0 aliphatic rings. The minimum atomic E-state index is -0.0826. The molecule has 1 amide bonds. The minimum absolute atomic E-state index is 0.0826. The van der Waals surface area contributed by atoms with Gasteiger partial charge in [0.2, 0.25) is 5.91 Å². The van der Waals surface area contributed by atoms with Gasteiger partial charge in [-0.25, -0.2) is 0 Å². The van der Waals surface area contributed by atoms with Crippen molar-refractivity contribution in [3.8, 4) is 11.5 Å². The number of nitrogens with one attached hydrogen (secondary N) is 1. The molecule has 0 bridgehead atoms. The maximum absolute atomic E-state index is 11.8. The van der Waals surface area contributed by atoms with Gasteiger partial charge >= 0.3 is 0 Å². The third-order valence-corrected chi connectivity index (χ3v) is 3.23. The molecule has 1 N–H and O–H groups in total. The predicted molar refractivity (Wildman–Crippen MR) is 81.2 cm³/mol. The number of amides is 1. The zero-order chi connectivity index (χ0) is 15.9. The predicted octanol–water partition coefficient (Wildman–Crippen LogP) is 1.90. The molecule has 0 unspecified atom stereocenters. The van der Waals surface area contributed by atoms with Crippen molar-refractivity contribution < 1.29 is 18.8 Å². The van der Waals surface area contributed by atoms with E-state index in [4.69, 9.17) is 14.0 Å². The summed E-state index contributed by atoms with van der Waals surface area (Å²) in [4.78, 5) is 11.8. The Morgan fingerprint density at radius 1 is 1.27 bits per heavy atom. The molecule has 0 saturated heterocycles. The second kappa shape index (κ2) is 7.49. The van der Waals surface area contributed by atoms with Crippen LogP contribution < -0.4 is 14.8 Å². The molecule has 6 heteroatoms. The molecular formula is C16H20N2O4. The highest BCUT2D eigenvalue weighted by molar-refractivity contribution is 5.78. The summed E-state index contributed by atoms with van der Waals surface area (Å²) in [7, 11) is 3.23. The molecule has 1 aromatic heterocycles. The van der Waals surface area contributed by atoms with Gasteiger partial charge in [-0.05, 0) is 25.0 Å². The van der Waals surface area contributed by atoms with Crippen molar-refractivity contribution >= 4 is 5.91 Å². The summed E-state index contributed by atoms with van der Waals surface area (Å²) in [5.74, 6) is 2.11. The molecule has 1 heterocycles. The summed E-state index contributed by atoms with van der Waals surface area (Å²) in [5, 5.41) is 6.66. The van der Waals surface area contributed by atoms with Crippen LogP contribution in [0.15, 0.2) is 28.8 Å². The van der Waals surface area contributed by atoms with Crippen molar-refractivity contribution in [1.82, 2.24) is 10.5 Å². The van der Waals surface area contributed by atoms with E-state index in [0.717, 1.165) is 17.1 Å². The summed E-state index contributed by atoms with van der Waals surface area (Å²) in [6.45, 7) is 2.32. The number of carbonyl (C=O) groups is 1. The Morgan fingerprint density at radius 2 is 2.09 bits per heavy atom. The van der Waals surface area contributed by atoms with Crippen LogP contribution in [0.1, 0.15) is 17.0 Å². The second-order valence-corrected chi connectivity index (χ2v) is 4.88. The van der Waals surface area contributed by atoms with Gasteiger partial charge in [-0.3, -0.25) is 4.79 Å². The van der Waals surface area contributed by atoms with E-state index in [1.54, 1.807) is 27.2 Å². The molecule has 0 spiro atoms. The van der Waals surface area contributed by atoms with Crippen LogP contribution in [-0.4, -0.2) is 31.8 Å². The third kappa shape index (κ3) is 4.25. The number of methoxy groups -OCH3 is 2. The first kappa shape index (κ1) is 15.9. The number of rotatable bonds is 7. The van der Waals surface area contributed by atoms with E-state index >= 15 is 0 Å². The number of carbonyl (C=O) groups excluding carboxylic acids is 1. The first-order valence-electron chi connectivity index (χ1n) is 7.02. The first-order chi connectivity index (χ1) is 10.6. The highest BCUT2D eigenvalue weighted by Crippen LogP contribution is 2.24. The lowest BCUT2D eigenvalue weighted by Gasteiger charge is -2.10. The van der Waals surface area contributed by atoms with Crippen LogP contribution >= 0.6 is 0 Å². The van der Waals surface area contributed by atoms with Crippen molar-refractivity contribution in [2.45, 2.75) is 19.8 Å². The zero-order valence-corrected chi connectivity index (χ0v) is 13.0. The van der Waals surface area contributed by atoms with Crippen molar-refractivity contribution in [3.05, 3.63) is 41.3 Å². The van der Waals surface area contributed by atoms with Gasteiger partial charge < -0.3 is 19.3 Å². The molecule has 0 radical (unpaired) electrons. The monoisotopic (exact) mass is 304 g/mol. The number of hydrogen-bond acceptors (Lipinski definition) is 5. The van der Waals surface area contributed by atoms with Crippen molar-refractivity contribution in [3.63, 3.8) is 0 Å². The van der Waals surface area contributed by atoms with E-state index in [9.17, 15) is 4.79 Å². The van der Waals surface area contributed by atoms with Crippen molar-refractivity contribution in [1.29, 1.82) is 0 Å². The molecule has 118 valence electrons. The standard InChI is InChI=1S/C16H20N2O4/c1-11-8-13(18-22-11)9-16(19)17-7-6-12-4-5-14(20-2)10-15(12)21-3/h4-5,8,10H,6-7,9H2,1-3H3,(H,17,19). The van der Waals surface area contributed by atoms with Gasteiger partial charge in [-0.1, -0.05) is 11.2 Å². The molecule has 0 aliphatic heterocycles. The van der Waals surface area contributed by atoms with E-state index in [-0.39, 0.29) is 12.3 Å². The number of aromatic nitrogens is 1. The molecule has 0 aliphatic carbocycles. The van der Waals surface area contributed by atoms with Crippen LogP contribution in [0.5, 0.6) is 11.5 Å². The highest BCUT2D eigenvalue weighted by Gasteiger charge is 2.09. The number of ether oxygens (including phenoxy) is 2. The van der Waals surface area contributed by atoms with Crippen LogP contribution in [0.3, 0.4) is 0 Å². The molecule has 0 atom stereocenters. The van der Waals surface area contributed by atoms with Crippen LogP contribution in [0.4, 0.5) is 0 Å². The lowest BCUT2D eigenvalue weighted by Crippen LogP contribution is -2.27. The summed E-state index contributed by atoms with van der Waals surface area (Å²) in [5.41, 5.74) is 1.65. The zero-order valence-electron chi connectivity index (χ0n) is 13.0. The Balaban J connectivity index is 1.84. The molecule has 0 saturated carbocycles. The largest absolute Gasteiger partial charge is 0.497 e. The molecule has 0 fully saturated rings. The van der Waals surface area contributed by atoms with Crippen molar-refractivity contribution in [2.24, 2.45) is 0 Å². The van der Waals surface area contributed by atoms with Crippen molar-refractivity contribution in [2.75, 3.05) is 20.8 Å². The number of nitrogens with zero attached hydrogens (tertiary/aromatic N) is 1. The van der Waals surface area contributed by atoms with Crippen LogP contribution in [0, 0.1) is 6.92 Å². The van der Waals surface area contributed by atoms with E-state index < -0.39 is 0 Å². The van der Waals surface area contributed by atoms with Crippen LogP contribution in [-0.2, 0) is 17.6 Å². The van der Waals surface area contributed by atoms with E-state index in [2.05, 4.69) is 10.5 Å². The maximum Gasteiger partial charge on any atom is 0.226 e. The maximum atomic E-state index is 11.8. The average Bonchev–Trinajstić information content (AvgIpc) is 2.92. The average molecular weight is 304 g/mol. The molecule has 2 rings (SSSR count). The smallest absolute Gasteiger partial charge is 0.226 e. The highest BCUT2D eigenvalue weighted by atomic mass is 16.5. The van der Waals surface area contributed by atoms with Crippen LogP contribution in [0.2, 0.25) is 0 Å². The Hall–Kier alpha value is -2.50. The van der Waals surface area contributed by atoms with E-state index in [0.29, 0.717) is 24.4 Å². The molecule has 2 aromatic rings. The second-order valence-electron chi connectivity index (χ2n) is 4.88. The molecular weight excluding hydrogens is 284 g/mol. The lowest BCUT2D eigenvalue weighted by molar-refractivity contribution is -0.120. The third-order valence-electron chi connectivity index (χ3n) is 3.23. The Bertz CT molecular complexity index is 637. The van der Waals surface area contributed by atoms with Gasteiger partial charge in [0.05, 0.1) is 26.3 Å². The van der Waals surface area contributed by atoms with E-state index in [1.807, 2.05) is 18.2 Å². The van der Waals surface area contributed by atoms with Gasteiger partial charge in [0.25, 0.3) is 0 Å². The summed E-state index contributed by atoms with van der Waals surface area (Å²) in [6, 6.07) is 7.39. The van der Waals surface area contributed by atoms with Gasteiger partial charge in [0.1, 0.15) is 17.3 Å². The number of aryl methyl sites for hydroxylation is 1. The van der Waals surface area contributed by atoms with E-state index in [1.165, 1.54) is 0 Å². The summed E-state index contributed by atoms with van der Waals surface area (Å²) in [6.07, 6.45) is 0.897. The fourth-order valence-electron chi connectivity index (χ4n) is 2.12. The fourth-order valence-corrected chi connectivity index (χ4v) is 2.12. The molecule has 6 nitrogen and oxygen atoms in total. The Morgan fingerprint density at radius 3 is 2.73 bits per heavy atom. The number of hydrogen-bond donors (Lipinski definition) is 1. The topological polar surface area (TPSA) is 73.6 Å². The van der Waals surface area contributed by atoms with Gasteiger partial charge in [0, 0.05) is 18.7 Å². The summed E-state index contributed by atoms with van der Waals surface area (Å²) >= 11 is 0. The minimum Gasteiger partial charge on any atom is -0.497 e. The molecule has 1 aromatic carbocycles.